The molecule has 0 amide bonds. The molecule has 0 saturated heterocycles. The minimum atomic E-state index is -4.79. The minimum Gasteiger partial charge on any atom is -0.492 e. The van der Waals surface area contributed by atoms with E-state index < -0.39 is 53.2 Å². The highest BCUT2D eigenvalue weighted by atomic mass is 19.4. The topological polar surface area (TPSA) is 86.8 Å². The number of hydrogen-bond donors (Lipinski definition) is 1. The number of carbonyl (C=O) groups is 1. The third-order valence-electron chi connectivity index (χ3n) is 5.23. The second-order valence-electron chi connectivity index (χ2n) is 7.88. The molecule has 33 heavy (non-hydrogen) atoms. The summed E-state index contributed by atoms with van der Waals surface area (Å²) in [6.07, 6.45) is -6.94. The maximum Gasteiger partial charge on any atom is 0.425 e. The Morgan fingerprint density at radius 1 is 1.30 bits per heavy atom. The molecule has 2 aromatic rings. The molecule has 0 saturated carbocycles. The van der Waals surface area contributed by atoms with Crippen molar-refractivity contribution in [3.05, 3.63) is 58.4 Å². The molecule has 2 N–H and O–H groups in total. The fourth-order valence-corrected chi connectivity index (χ4v) is 3.71. The molecular weight excluding hydrogens is 449 g/mol. The van der Waals surface area contributed by atoms with Crippen LogP contribution in [0.2, 0.25) is 0 Å². The van der Waals surface area contributed by atoms with Crippen molar-refractivity contribution in [2.45, 2.75) is 51.4 Å². The van der Waals surface area contributed by atoms with E-state index in [-0.39, 0.29) is 17.7 Å². The summed E-state index contributed by atoms with van der Waals surface area (Å²) in [5.41, 5.74) is 3.78. The summed E-state index contributed by atoms with van der Waals surface area (Å²) in [7, 11) is 0. The van der Waals surface area contributed by atoms with E-state index in [2.05, 4.69) is 14.7 Å². The number of aliphatic imine (C=N–C) groups is 1. The Kier molecular flexibility index (Phi) is 6.62. The quantitative estimate of drug-likeness (QED) is 0.499. The second-order valence-corrected chi connectivity index (χ2v) is 7.88. The highest BCUT2D eigenvalue weighted by Crippen LogP contribution is 2.41. The van der Waals surface area contributed by atoms with Gasteiger partial charge in [0.2, 0.25) is 0 Å². The van der Waals surface area contributed by atoms with Crippen molar-refractivity contribution in [1.29, 1.82) is 0 Å². The smallest absolute Gasteiger partial charge is 0.425 e. The van der Waals surface area contributed by atoms with Crippen LogP contribution in [0.4, 0.5) is 22.0 Å². The van der Waals surface area contributed by atoms with Crippen LogP contribution in [-0.2, 0) is 16.7 Å². The molecule has 1 aliphatic rings. The molecule has 2 heterocycles. The van der Waals surface area contributed by atoms with Crippen LogP contribution >= 0.6 is 0 Å². The van der Waals surface area contributed by atoms with Crippen molar-refractivity contribution in [1.82, 2.24) is 4.98 Å². The number of hydrogen-bond acceptors (Lipinski definition) is 6. The van der Waals surface area contributed by atoms with E-state index in [0.717, 1.165) is 12.1 Å². The van der Waals surface area contributed by atoms with Crippen LogP contribution in [0, 0.1) is 18.6 Å². The van der Waals surface area contributed by atoms with E-state index in [1.54, 1.807) is 19.9 Å². The van der Waals surface area contributed by atoms with E-state index in [1.807, 2.05) is 0 Å². The lowest BCUT2D eigenvalue weighted by molar-refractivity contribution is -0.208. The molecule has 0 aliphatic carbocycles. The first kappa shape index (κ1) is 24.4. The zero-order chi connectivity index (χ0) is 24.6. The van der Waals surface area contributed by atoms with Gasteiger partial charge < -0.3 is 15.2 Å². The van der Waals surface area contributed by atoms with Gasteiger partial charge in [-0.1, -0.05) is 0 Å². The molecule has 11 heteroatoms. The molecule has 0 fully saturated rings. The zero-order valence-electron chi connectivity index (χ0n) is 18.1. The number of aryl methyl sites for hydroxylation is 1. The molecule has 6 nitrogen and oxygen atoms in total. The van der Waals surface area contributed by atoms with E-state index in [0.29, 0.717) is 17.9 Å². The first-order chi connectivity index (χ1) is 15.3. The van der Waals surface area contributed by atoms with Gasteiger partial charge in [0.15, 0.2) is 23.5 Å². The largest absolute Gasteiger partial charge is 0.492 e. The minimum absolute atomic E-state index is 0.0500. The van der Waals surface area contributed by atoms with Crippen molar-refractivity contribution in [3.8, 4) is 5.75 Å². The third-order valence-corrected chi connectivity index (χ3v) is 5.23. The number of Topliss-reactive ketones (excluding diaryl/α,β-unsaturated/α-hetero) is 1. The number of benzene rings is 1. The van der Waals surface area contributed by atoms with Crippen LogP contribution in [0.5, 0.6) is 5.75 Å². The number of nitrogens with zero attached hydrogens (tertiary/aromatic N) is 2. The number of pyridine rings is 1. The van der Waals surface area contributed by atoms with Crippen molar-refractivity contribution in [3.63, 3.8) is 0 Å². The molecule has 1 aliphatic heterocycles. The van der Waals surface area contributed by atoms with Crippen molar-refractivity contribution in [2.75, 3.05) is 6.61 Å². The molecular formula is C22H22F5N3O3. The number of ether oxygens (including phenoxy) is 2. The monoisotopic (exact) mass is 471 g/mol. The molecule has 3 rings (SSSR count). The van der Waals surface area contributed by atoms with Gasteiger partial charge in [-0.15, -0.1) is 0 Å². The molecule has 2 atom stereocenters. The number of halogens is 5. The number of alkyl halides is 3. The highest BCUT2D eigenvalue weighted by Gasteiger charge is 2.50. The predicted molar refractivity (Wildman–Crippen MR) is 109 cm³/mol. The number of rotatable bonds is 6. The van der Waals surface area contributed by atoms with Crippen molar-refractivity contribution < 1.29 is 36.2 Å². The Hall–Kier alpha value is -3.24. The predicted octanol–water partition coefficient (Wildman–Crippen LogP) is 4.37. The summed E-state index contributed by atoms with van der Waals surface area (Å²) in [5.74, 6) is -2.70. The fraction of sp³-hybridized carbons (Fsp3) is 0.409. The van der Waals surface area contributed by atoms with Crippen LogP contribution in [0.15, 0.2) is 29.4 Å². The number of aromatic nitrogens is 1. The number of ketones is 1. The lowest BCUT2D eigenvalue weighted by Gasteiger charge is -2.36. The van der Waals surface area contributed by atoms with E-state index in [4.69, 9.17) is 10.5 Å². The van der Waals surface area contributed by atoms with Gasteiger partial charge in [-0.25, -0.2) is 18.8 Å². The lowest BCUT2D eigenvalue weighted by Crippen LogP contribution is -2.46. The Balaban J connectivity index is 1.95. The highest BCUT2D eigenvalue weighted by molar-refractivity contribution is 5.97. The summed E-state index contributed by atoms with van der Waals surface area (Å²) >= 11 is 0. The van der Waals surface area contributed by atoms with Crippen LogP contribution in [0.1, 0.15) is 47.4 Å². The van der Waals surface area contributed by atoms with Gasteiger partial charge in [0.25, 0.3) is 6.02 Å². The Morgan fingerprint density at radius 2 is 2.00 bits per heavy atom. The molecule has 1 aromatic carbocycles. The van der Waals surface area contributed by atoms with Crippen LogP contribution in [0.3, 0.4) is 0 Å². The van der Waals surface area contributed by atoms with Gasteiger partial charge >= 0.3 is 6.18 Å². The molecule has 178 valence electrons. The number of nitrogens with two attached hydrogens (primary N) is 1. The maximum atomic E-state index is 14.7. The van der Waals surface area contributed by atoms with Crippen molar-refractivity contribution in [2.24, 2.45) is 10.7 Å². The molecule has 0 bridgehead atoms. The summed E-state index contributed by atoms with van der Waals surface area (Å²) < 4.78 is 78.7. The van der Waals surface area contributed by atoms with Crippen LogP contribution in [0.25, 0.3) is 0 Å². The Labute approximate surface area is 186 Å². The van der Waals surface area contributed by atoms with Gasteiger partial charge in [-0.3, -0.25) is 4.79 Å². The zero-order valence-corrected chi connectivity index (χ0v) is 18.1. The lowest BCUT2D eigenvalue weighted by atomic mass is 9.84. The normalized spacial score (nSPS) is 20.7. The SMILES string of the molecule is CCOc1cnc(C(=O)Cc2cc(F)c(F)c([C@]3(C)C[C@@H](C(F)(F)F)OC(N)=N3)c2)c(C)c1. The molecule has 0 unspecified atom stereocenters. The van der Waals surface area contributed by atoms with Crippen LogP contribution in [-0.4, -0.2) is 35.7 Å². The standard InChI is InChI=1S/C22H22F5N3O3/c1-4-32-13-5-11(2)19(29-10-13)16(31)8-12-6-14(18(24)15(23)7-12)21(3)9-17(22(25,26)27)33-20(28)30-21/h5-7,10,17H,4,8-9H2,1-3H3,(H2,28,30)/t17-,21-/m0/s1. The fourth-order valence-electron chi connectivity index (χ4n) is 3.71. The van der Waals surface area contributed by atoms with Gasteiger partial charge in [0.05, 0.1) is 18.3 Å². The van der Waals surface area contributed by atoms with E-state index in [9.17, 15) is 26.7 Å². The first-order valence-corrected chi connectivity index (χ1v) is 10.0. The Morgan fingerprint density at radius 3 is 2.61 bits per heavy atom. The molecule has 1 aromatic heterocycles. The van der Waals surface area contributed by atoms with Crippen molar-refractivity contribution >= 4 is 11.8 Å². The van der Waals surface area contributed by atoms with E-state index in [1.165, 1.54) is 13.1 Å². The van der Waals surface area contributed by atoms with Gasteiger partial charge in [0.1, 0.15) is 11.4 Å². The number of amidine groups is 1. The second kappa shape index (κ2) is 8.95. The first-order valence-electron chi connectivity index (χ1n) is 10.0. The summed E-state index contributed by atoms with van der Waals surface area (Å²) in [4.78, 5) is 20.7. The summed E-state index contributed by atoms with van der Waals surface area (Å²) in [5, 5.41) is 0. The van der Waals surface area contributed by atoms with E-state index >= 15 is 0 Å². The number of carbonyl (C=O) groups excluding carboxylic acids is 1. The average molecular weight is 471 g/mol. The van der Waals surface area contributed by atoms with Gasteiger partial charge in [-0.05, 0) is 50.1 Å². The third kappa shape index (κ3) is 5.23. The summed E-state index contributed by atoms with van der Waals surface area (Å²) in [6.45, 7) is 5.06. The van der Waals surface area contributed by atoms with Gasteiger partial charge in [-0.2, -0.15) is 13.2 Å². The van der Waals surface area contributed by atoms with Crippen LogP contribution < -0.4 is 10.5 Å². The van der Waals surface area contributed by atoms with Gasteiger partial charge in [0, 0.05) is 18.4 Å². The Bertz CT molecular complexity index is 1100. The summed E-state index contributed by atoms with van der Waals surface area (Å²) in [6, 6.07) is 2.77. The molecule has 0 radical (unpaired) electrons. The maximum absolute atomic E-state index is 14.7. The molecule has 0 spiro atoms. The average Bonchev–Trinajstić information content (AvgIpc) is 2.69.